The third kappa shape index (κ3) is 4.34. The zero-order valence-corrected chi connectivity index (χ0v) is 10.6. The van der Waals surface area contributed by atoms with Gasteiger partial charge in [-0.25, -0.2) is 0 Å². The van der Waals surface area contributed by atoms with Crippen molar-refractivity contribution in [3.8, 4) is 0 Å². The molecule has 1 aromatic carbocycles. The molecule has 1 unspecified atom stereocenters. The number of aliphatic hydroxyl groups excluding tert-OH is 1. The molecule has 0 aromatic heterocycles. The molecule has 96 valence electrons. The van der Waals surface area contributed by atoms with Gasteiger partial charge in [-0.1, -0.05) is 25.1 Å². The van der Waals surface area contributed by atoms with Gasteiger partial charge in [-0.2, -0.15) is 0 Å². The number of benzene rings is 1. The lowest BCUT2D eigenvalue weighted by atomic mass is 10.1. The zero-order chi connectivity index (χ0) is 12.7. The van der Waals surface area contributed by atoms with Crippen molar-refractivity contribution >= 4 is 5.69 Å². The Hall–Kier alpha value is -1.10. The molecule has 0 saturated carbocycles. The van der Waals surface area contributed by atoms with E-state index in [-0.39, 0.29) is 0 Å². The summed E-state index contributed by atoms with van der Waals surface area (Å²) in [7, 11) is 1.68. The van der Waals surface area contributed by atoms with E-state index in [1.165, 1.54) is 0 Å². The van der Waals surface area contributed by atoms with E-state index in [0.29, 0.717) is 18.8 Å². The third-order valence-corrected chi connectivity index (χ3v) is 2.84. The lowest BCUT2D eigenvalue weighted by molar-refractivity contribution is 0.0924. The van der Waals surface area contributed by atoms with E-state index in [2.05, 4.69) is 11.8 Å². The highest BCUT2D eigenvalue weighted by Gasteiger charge is 2.14. The van der Waals surface area contributed by atoms with E-state index in [0.717, 1.165) is 18.7 Å². The molecule has 0 aliphatic rings. The first-order valence-corrected chi connectivity index (χ1v) is 5.92. The molecule has 0 radical (unpaired) electrons. The summed E-state index contributed by atoms with van der Waals surface area (Å²) in [5.41, 5.74) is 7.27. The predicted molar refractivity (Wildman–Crippen MR) is 69.8 cm³/mol. The van der Waals surface area contributed by atoms with Crippen LogP contribution in [0, 0.1) is 0 Å². The van der Waals surface area contributed by atoms with Gasteiger partial charge in [0.05, 0.1) is 12.7 Å². The topological polar surface area (TPSA) is 58.7 Å². The van der Waals surface area contributed by atoms with Gasteiger partial charge in [0, 0.05) is 31.5 Å². The maximum absolute atomic E-state index is 10.1. The minimum Gasteiger partial charge on any atom is -0.398 e. The Morgan fingerprint density at radius 3 is 2.71 bits per heavy atom. The summed E-state index contributed by atoms with van der Waals surface area (Å²) in [5, 5.41) is 10.1. The van der Waals surface area contributed by atoms with E-state index in [9.17, 15) is 5.11 Å². The number of nitrogens with two attached hydrogens (primary N) is 1. The first kappa shape index (κ1) is 14.0. The number of nitrogen functional groups attached to an aromatic ring is 1. The molecule has 0 heterocycles. The first-order chi connectivity index (χ1) is 8.19. The van der Waals surface area contributed by atoms with Crippen LogP contribution in [-0.2, 0) is 4.74 Å². The summed E-state index contributed by atoms with van der Waals surface area (Å²) in [4.78, 5) is 2.14. The van der Waals surface area contributed by atoms with Crippen molar-refractivity contribution in [2.75, 3.05) is 39.1 Å². The number of hydrogen-bond donors (Lipinski definition) is 2. The normalized spacial score (nSPS) is 12.9. The predicted octanol–water partition coefficient (Wildman–Crippen LogP) is 1.27. The van der Waals surface area contributed by atoms with Crippen LogP contribution in [0.1, 0.15) is 18.6 Å². The maximum Gasteiger partial charge on any atom is 0.0936 e. The van der Waals surface area contributed by atoms with Gasteiger partial charge >= 0.3 is 0 Å². The molecule has 4 heteroatoms. The standard InChI is InChI=1S/C13H22N2O2/c1-3-15(8-9-17-2)10-13(16)11-6-4-5-7-12(11)14/h4-7,13,16H,3,8-10,14H2,1-2H3. The van der Waals surface area contributed by atoms with Gasteiger partial charge in [-0.15, -0.1) is 0 Å². The van der Waals surface area contributed by atoms with Crippen LogP contribution < -0.4 is 5.73 Å². The SMILES string of the molecule is CCN(CCOC)CC(O)c1ccccc1N. The van der Waals surface area contributed by atoms with Crippen LogP contribution in [0.2, 0.25) is 0 Å². The van der Waals surface area contributed by atoms with Gasteiger partial charge < -0.3 is 15.6 Å². The molecule has 0 spiro atoms. The van der Waals surface area contributed by atoms with Crippen LogP contribution in [0.4, 0.5) is 5.69 Å². The fraction of sp³-hybridized carbons (Fsp3) is 0.538. The number of para-hydroxylation sites is 1. The average Bonchev–Trinajstić information content (AvgIpc) is 2.34. The molecule has 0 aliphatic carbocycles. The van der Waals surface area contributed by atoms with E-state index < -0.39 is 6.10 Å². The molecule has 17 heavy (non-hydrogen) atoms. The fourth-order valence-corrected chi connectivity index (χ4v) is 1.76. The Morgan fingerprint density at radius 2 is 2.12 bits per heavy atom. The number of aliphatic hydroxyl groups is 1. The van der Waals surface area contributed by atoms with E-state index >= 15 is 0 Å². The summed E-state index contributed by atoms with van der Waals surface area (Å²) in [5.74, 6) is 0. The van der Waals surface area contributed by atoms with Crippen molar-refractivity contribution in [3.05, 3.63) is 29.8 Å². The molecule has 3 N–H and O–H groups in total. The molecule has 0 fully saturated rings. The monoisotopic (exact) mass is 238 g/mol. The van der Waals surface area contributed by atoms with Crippen molar-refractivity contribution in [3.63, 3.8) is 0 Å². The number of hydrogen-bond acceptors (Lipinski definition) is 4. The summed E-state index contributed by atoms with van der Waals surface area (Å²) in [6.07, 6.45) is -0.548. The molecule has 0 saturated heterocycles. The molecule has 0 amide bonds. The molecular formula is C13H22N2O2. The van der Waals surface area contributed by atoms with Crippen molar-refractivity contribution in [2.45, 2.75) is 13.0 Å². The molecule has 0 bridgehead atoms. The Bertz CT molecular complexity index is 331. The number of likely N-dealkylation sites (N-methyl/N-ethyl adjacent to an activating group) is 1. The highest BCUT2D eigenvalue weighted by atomic mass is 16.5. The van der Waals surface area contributed by atoms with Gasteiger partial charge in [0.15, 0.2) is 0 Å². The maximum atomic E-state index is 10.1. The molecule has 1 atom stereocenters. The summed E-state index contributed by atoms with van der Waals surface area (Å²) >= 11 is 0. The molecular weight excluding hydrogens is 216 g/mol. The van der Waals surface area contributed by atoms with Crippen LogP contribution in [0.5, 0.6) is 0 Å². The second-order valence-corrected chi connectivity index (χ2v) is 4.03. The van der Waals surface area contributed by atoms with Crippen molar-refractivity contribution < 1.29 is 9.84 Å². The molecule has 0 aliphatic heterocycles. The second-order valence-electron chi connectivity index (χ2n) is 4.03. The van der Waals surface area contributed by atoms with Gasteiger partial charge in [-0.05, 0) is 12.6 Å². The highest BCUT2D eigenvalue weighted by molar-refractivity contribution is 5.47. The Kier molecular flexibility index (Phi) is 5.97. The van der Waals surface area contributed by atoms with Crippen LogP contribution in [0.3, 0.4) is 0 Å². The van der Waals surface area contributed by atoms with Crippen LogP contribution in [-0.4, -0.2) is 43.4 Å². The van der Waals surface area contributed by atoms with E-state index in [4.69, 9.17) is 10.5 Å². The third-order valence-electron chi connectivity index (χ3n) is 2.84. The summed E-state index contributed by atoms with van der Waals surface area (Å²) < 4.78 is 5.04. The smallest absolute Gasteiger partial charge is 0.0936 e. The van der Waals surface area contributed by atoms with E-state index in [1.54, 1.807) is 7.11 Å². The Morgan fingerprint density at radius 1 is 1.41 bits per heavy atom. The average molecular weight is 238 g/mol. The zero-order valence-electron chi connectivity index (χ0n) is 10.6. The number of ether oxygens (including phenoxy) is 1. The van der Waals surface area contributed by atoms with Gasteiger partial charge in [0.25, 0.3) is 0 Å². The number of anilines is 1. The number of rotatable bonds is 7. The molecule has 1 aromatic rings. The van der Waals surface area contributed by atoms with E-state index in [1.807, 2.05) is 24.3 Å². The van der Waals surface area contributed by atoms with Crippen LogP contribution in [0.25, 0.3) is 0 Å². The first-order valence-electron chi connectivity index (χ1n) is 5.92. The van der Waals surface area contributed by atoms with Crippen molar-refractivity contribution in [1.29, 1.82) is 0 Å². The van der Waals surface area contributed by atoms with Crippen molar-refractivity contribution in [1.82, 2.24) is 4.90 Å². The summed E-state index contributed by atoms with van der Waals surface area (Å²) in [6.45, 7) is 5.01. The number of nitrogens with zero attached hydrogens (tertiary/aromatic N) is 1. The molecule has 1 rings (SSSR count). The fourth-order valence-electron chi connectivity index (χ4n) is 1.76. The quantitative estimate of drug-likeness (QED) is 0.702. The van der Waals surface area contributed by atoms with Crippen molar-refractivity contribution in [2.24, 2.45) is 0 Å². The lowest BCUT2D eigenvalue weighted by Gasteiger charge is -2.24. The lowest BCUT2D eigenvalue weighted by Crippen LogP contribution is -2.31. The Labute approximate surface area is 103 Å². The summed E-state index contributed by atoms with van der Waals surface area (Å²) in [6, 6.07) is 7.43. The largest absolute Gasteiger partial charge is 0.398 e. The van der Waals surface area contributed by atoms with Crippen LogP contribution >= 0.6 is 0 Å². The minimum atomic E-state index is -0.548. The highest BCUT2D eigenvalue weighted by Crippen LogP contribution is 2.20. The Balaban J connectivity index is 2.58. The minimum absolute atomic E-state index is 0.548. The molecule has 4 nitrogen and oxygen atoms in total. The van der Waals surface area contributed by atoms with Gasteiger partial charge in [0.2, 0.25) is 0 Å². The van der Waals surface area contributed by atoms with Gasteiger partial charge in [-0.3, -0.25) is 4.90 Å². The second kappa shape index (κ2) is 7.27. The van der Waals surface area contributed by atoms with Gasteiger partial charge in [0.1, 0.15) is 0 Å². The number of methoxy groups -OCH3 is 1. The van der Waals surface area contributed by atoms with Crippen LogP contribution in [0.15, 0.2) is 24.3 Å².